The molecule has 0 aromatic rings. The molecule has 2 N–H and O–H groups in total. The maximum atomic E-state index is 13.1. The minimum absolute atomic E-state index is 0.114. The summed E-state index contributed by atoms with van der Waals surface area (Å²) in [6, 6.07) is 0. The number of allylic oxidation sites excluding steroid dienone is 2. The molecule has 0 aromatic carbocycles. The highest BCUT2D eigenvalue weighted by Gasteiger charge is 2.60. The molecule has 0 aromatic heterocycles. The molecule has 28 heavy (non-hydrogen) atoms. The van der Waals surface area contributed by atoms with Gasteiger partial charge in [0.05, 0.1) is 17.9 Å². The zero-order chi connectivity index (χ0) is 20.3. The van der Waals surface area contributed by atoms with Gasteiger partial charge in [-0.1, -0.05) is 24.6 Å². The van der Waals surface area contributed by atoms with Crippen molar-refractivity contribution in [2.45, 2.75) is 78.4 Å². The van der Waals surface area contributed by atoms with Crippen molar-refractivity contribution in [3.63, 3.8) is 0 Å². The number of fused-ring (bicyclic) bond motifs is 5. The highest BCUT2D eigenvalue weighted by molar-refractivity contribution is 5.95. The van der Waals surface area contributed by atoms with Crippen LogP contribution in [0.4, 0.5) is 0 Å². The summed E-state index contributed by atoms with van der Waals surface area (Å²) in [6.45, 7) is 9.16. The Bertz CT molecular complexity index is 715. The van der Waals surface area contributed by atoms with Gasteiger partial charge in [0, 0.05) is 11.8 Å². The van der Waals surface area contributed by atoms with Crippen molar-refractivity contribution in [3.8, 4) is 0 Å². The molecule has 8 unspecified atom stereocenters. The lowest BCUT2D eigenvalue weighted by Gasteiger charge is -2.57. The van der Waals surface area contributed by atoms with E-state index in [0.717, 1.165) is 31.4 Å². The van der Waals surface area contributed by atoms with E-state index in [4.69, 9.17) is 4.84 Å². The van der Waals surface area contributed by atoms with E-state index in [1.807, 2.05) is 13.0 Å². The largest absolute Gasteiger partial charge is 0.396 e. The van der Waals surface area contributed by atoms with E-state index < -0.39 is 12.2 Å². The Balaban J connectivity index is 1.67. The Morgan fingerprint density at radius 1 is 1.14 bits per heavy atom. The highest BCUT2D eigenvalue weighted by atomic mass is 16.6. The van der Waals surface area contributed by atoms with Crippen LogP contribution in [0.5, 0.6) is 0 Å². The molecule has 0 saturated heterocycles. The van der Waals surface area contributed by atoms with Gasteiger partial charge in [0.15, 0.2) is 5.78 Å². The van der Waals surface area contributed by atoms with Crippen LogP contribution in [-0.2, 0) is 9.63 Å². The van der Waals surface area contributed by atoms with Gasteiger partial charge in [0.2, 0.25) is 0 Å². The fraction of sp³-hybridized carbons (Fsp3) is 0.826. The molecule has 0 amide bonds. The summed E-state index contributed by atoms with van der Waals surface area (Å²) >= 11 is 0. The standard InChI is InChI=1S/C23H35NO4/c1-5-28-24-13(2)15-6-7-16-14-10-19(25)18-11-20(26)21(27)12-23(18,4)17(14)8-9-22(15,16)3/h10,15-18,20-21,26-27H,5-9,11-12H2,1-4H3. The molecule has 4 aliphatic rings. The van der Waals surface area contributed by atoms with Crippen molar-refractivity contribution in [1.82, 2.24) is 0 Å². The number of nitrogens with zero attached hydrogens (tertiary/aromatic N) is 1. The predicted molar refractivity (Wildman–Crippen MR) is 108 cm³/mol. The number of oxime groups is 1. The van der Waals surface area contributed by atoms with E-state index in [1.54, 1.807) is 0 Å². The monoisotopic (exact) mass is 389 g/mol. The van der Waals surface area contributed by atoms with Crippen LogP contribution in [0.1, 0.15) is 66.2 Å². The first-order chi connectivity index (χ1) is 13.2. The second kappa shape index (κ2) is 6.94. The van der Waals surface area contributed by atoms with Crippen LogP contribution in [0.3, 0.4) is 0 Å². The zero-order valence-electron chi connectivity index (χ0n) is 17.6. The topological polar surface area (TPSA) is 79.1 Å². The van der Waals surface area contributed by atoms with Gasteiger partial charge in [-0.2, -0.15) is 0 Å². The third kappa shape index (κ3) is 2.80. The lowest BCUT2D eigenvalue weighted by atomic mass is 9.47. The average Bonchev–Trinajstić information content (AvgIpc) is 2.99. The molecule has 0 bridgehead atoms. The summed E-state index contributed by atoms with van der Waals surface area (Å²) in [6.07, 6.45) is 5.66. The van der Waals surface area contributed by atoms with Crippen molar-refractivity contribution in [3.05, 3.63) is 11.6 Å². The fourth-order valence-electron chi connectivity index (χ4n) is 7.31. The quantitative estimate of drug-likeness (QED) is 0.572. The van der Waals surface area contributed by atoms with E-state index in [9.17, 15) is 15.0 Å². The maximum absolute atomic E-state index is 13.1. The summed E-state index contributed by atoms with van der Waals surface area (Å²) in [5.41, 5.74) is 2.26. The lowest BCUT2D eigenvalue weighted by Crippen LogP contribution is -2.55. The van der Waals surface area contributed by atoms with Crippen molar-refractivity contribution < 1.29 is 19.8 Å². The number of hydrogen-bond acceptors (Lipinski definition) is 5. The fourth-order valence-corrected chi connectivity index (χ4v) is 7.31. The molecule has 156 valence electrons. The summed E-state index contributed by atoms with van der Waals surface area (Å²) in [4.78, 5) is 18.4. The number of aliphatic hydroxyl groups excluding tert-OH is 2. The molecule has 5 nitrogen and oxygen atoms in total. The van der Waals surface area contributed by atoms with Crippen LogP contribution in [-0.4, -0.2) is 40.5 Å². The minimum atomic E-state index is -0.779. The summed E-state index contributed by atoms with van der Waals surface area (Å²) in [5, 5.41) is 24.9. The van der Waals surface area contributed by atoms with Gasteiger partial charge in [0.1, 0.15) is 6.61 Å². The van der Waals surface area contributed by atoms with Gasteiger partial charge >= 0.3 is 0 Å². The lowest BCUT2D eigenvalue weighted by molar-refractivity contribution is -0.142. The molecule has 3 fully saturated rings. The van der Waals surface area contributed by atoms with E-state index in [2.05, 4.69) is 25.9 Å². The normalized spacial score (nSPS) is 48.4. The molecular formula is C23H35NO4. The van der Waals surface area contributed by atoms with E-state index >= 15 is 0 Å². The second-order valence-electron chi connectivity index (χ2n) is 10.1. The molecule has 0 heterocycles. The first-order valence-electron chi connectivity index (χ1n) is 11.0. The van der Waals surface area contributed by atoms with Gasteiger partial charge in [0.25, 0.3) is 0 Å². The van der Waals surface area contributed by atoms with Crippen LogP contribution < -0.4 is 0 Å². The SMILES string of the molecule is CCON=C(C)C1CCC2C3=CC(=O)C4CC(O)C(O)CC4(C)C3CCC21C. The first kappa shape index (κ1) is 20.1. The maximum Gasteiger partial charge on any atom is 0.159 e. The van der Waals surface area contributed by atoms with Crippen molar-refractivity contribution in [1.29, 1.82) is 0 Å². The number of carbonyl (C=O) groups excluding carboxylic acids is 1. The van der Waals surface area contributed by atoms with Crippen molar-refractivity contribution >= 4 is 11.5 Å². The van der Waals surface area contributed by atoms with Crippen molar-refractivity contribution in [2.24, 2.45) is 39.7 Å². The number of carbonyl (C=O) groups is 1. The Morgan fingerprint density at radius 3 is 2.57 bits per heavy atom. The summed E-state index contributed by atoms with van der Waals surface area (Å²) < 4.78 is 0. The van der Waals surface area contributed by atoms with Crippen LogP contribution in [0.2, 0.25) is 0 Å². The van der Waals surface area contributed by atoms with Gasteiger partial charge < -0.3 is 15.1 Å². The molecule has 3 saturated carbocycles. The minimum Gasteiger partial charge on any atom is -0.396 e. The van der Waals surface area contributed by atoms with Crippen LogP contribution in [0.25, 0.3) is 0 Å². The number of ketones is 1. The molecular weight excluding hydrogens is 354 g/mol. The Labute approximate surface area is 168 Å². The zero-order valence-corrected chi connectivity index (χ0v) is 17.6. The Hall–Kier alpha value is -1.20. The average molecular weight is 390 g/mol. The second-order valence-corrected chi connectivity index (χ2v) is 10.1. The third-order valence-corrected chi connectivity index (χ3v) is 8.77. The molecule has 4 aliphatic carbocycles. The molecule has 5 heteroatoms. The Kier molecular flexibility index (Phi) is 4.98. The van der Waals surface area contributed by atoms with E-state index in [1.165, 1.54) is 5.57 Å². The van der Waals surface area contributed by atoms with E-state index in [-0.39, 0.29) is 22.5 Å². The summed E-state index contributed by atoms with van der Waals surface area (Å²) in [5.74, 6) is 1.12. The van der Waals surface area contributed by atoms with Gasteiger partial charge in [-0.05, 0) is 81.1 Å². The number of hydrogen-bond donors (Lipinski definition) is 2. The third-order valence-electron chi connectivity index (χ3n) is 8.77. The molecule has 8 atom stereocenters. The smallest absolute Gasteiger partial charge is 0.159 e. The van der Waals surface area contributed by atoms with Gasteiger partial charge in [-0.3, -0.25) is 4.79 Å². The first-order valence-corrected chi connectivity index (χ1v) is 11.0. The molecule has 4 rings (SSSR count). The van der Waals surface area contributed by atoms with Crippen molar-refractivity contribution in [2.75, 3.05) is 6.61 Å². The molecule has 0 spiro atoms. The van der Waals surface area contributed by atoms with Gasteiger partial charge in [-0.25, -0.2) is 0 Å². The van der Waals surface area contributed by atoms with Gasteiger partial charge in [-0.15, -0.1) is 0 Å². The van der Waals surface area contributed by atoms with Crippen LogP contribution >= 0.6 is 0 Å². The summed E-state index contributed by atoms with van der Waals surface area (Å²) in [7, 11) is 0. The van der Waals surface area contributed by atoms with E-state index in [0.29, 0.717) is 37.2 Å². The Morgan fingerprint density at radius 2 is 1.86 bits per heavy atom. The number of aliphatic hydroxyl groups is 2. The van der Waals surface area contributed by atoms with Crippen LogP contribution in [0.15, 0.2) is 16.8 Å². The highest BCUT2D eigenvalue weighted by Crippen LogP contribution is 2.65. The molecule has 0 radical (unpaired) electrons. The predicted octanol–water partition coefficient (Wildman–Crippen LogP) is 3.49. The molecule has 0 aliphatic heterocycles. The number of rotatable bonds is 3. The van der Waals surface area contributed by atoms with Crippen LogP contribution in [0, 0.1) is 34.5 Å².